The van der Waals surface area contributed by atoms with Crippen LogP contribution < -0.4 is 24.7 Å². The van der Waals surface area contributed by atoms with E-state index in [9.17, 15) is 14.4 Å². The van der Waals surface area contributed by atoms with Gasteiger partial charge in [-0.3, -0.25) is 14.2 Å². The van der Waals surface area contributed by atoms with Gasteiger partial charge in [-0.1, -0.05) is 30.0 Å². The number of piperazine rings is 1. The molecule has 0 radical (unpaired) electrons. The lowest BCUT2D eigenvalue weighted by atomic mass is 10.1. The van der Waals surface area contributed by atoms with Crippen LogP contribution >= 0.6 is 11.8 Å². The summed E-state index contributed by atoms with van der Waals surface area (Å²) < 4.78 is 22.8. The van der Waals surface area contributed by atoms with E-state index in [2.05, 4.69) is 4.90 Å². The van der Waals surface area contributed by atoms with Crippen molar-refractivity contribution in [1.82, 2.24) is 14.5 Å². The number of carbonyl (C=O) groups excluding carboxylic acids is 2. The summed E-state index contributed by atoms with van der Waals surface area (Å²) in [5.41, 5.74) is 2.19. The van der Waals surface area contributed by atoms with Crippen LogP contribution in [0.15, 0.2) is 70.6 Å². The van der Waals surface area contributed by atoms with Crippen LogP contribution in [-0.2, 0) is 16.1 Å². The highest BCUT2D eigenvalue weighted by Crippen LogP contribution is 2.33. The van der Waals surface area contributed by atoms with Gasteiger partial charge in [0.05, 0.1) is 48.7 Å². The highest BCUT2D eigenvalue weighted by atomic mass is 32.2. The number of rotatable bonds is 8. The quantitative estimate of drug-likeness (QED) is 0.169. The van der Waals surface area contributed by atoms with Crippen molar-refractivity contribution in [2.45, 2.75) is 11.7 Å². The fraction of sp³-hybridized carbons (Fsp3) is 0.290. The standard InChI is InChI=1S/C31H30N4O7S/c1-39-25-6-4-3-5-24(25)33-11-13-34(14-12-33)28(36)18-43-31-32-23-16-21(30(38)40-2)8-9-22(23)29(37)35(31)17-20-7-10-26-27(15-20)42-19-41-26/h3-10,15-16H,11-14,17-19H2,1-2H3. The Kier molecular flexibility index (Phi) is 8.10. The number of nitrogens with zero attached hydrogens (tertiary/aromatic N) is 4. The van der Waals surface area contributed by atoms with Gasteiger partial charge in [-0.15, -0.1) is 0 Å². The molecule has 3 aromatic carbocycles. The third-order valence-corrected chi connectivity index (χ3v) is 8.46. The first-order valence-electron chi connectivity index (χ1n) is 13.7. The van der Waals surface area contributed by atoms with Crippen molar-refractivity contribution in [3.63, 3.8) is 0 Å². The second-order valence-electron chi connectivity index (χ2n) is 10.0. The number of amides is 1. The number of fused-ring (bicyclic) bond motifs is 2. The Morgan fingerprint density at radius 3 is 2.53 bits per heavy atom. The maximum Gasteiger partial charge on any atom is 0.337 e. The summed E-state index contributed by atoms with van der Waals surface area (Å²) in [5.74, 6) is 1.59. The van der Waals surface area contributed by atoms with Gasteiger partial charge in [-0.25, -0.2) is 9.78 Å². The Bertz CT molecular complexity index is 1750. The Morgan fingerprint density at radius 1 is 0.953 bits per heavy atom. The fourth-order valence-corrected chi connectivity index (χ4v) is 6.12. The first kappa shape index (κ1) is 28.4. The molecule has 1 fully saturated rings. The van der Waals surface area contributed by atoms with Gasteiger partial charge in [0, 0.05) is 26.2 Å². The summed E-state index contributed by atoms with van der Waals surface area (Å²) in [7, 11) is 2.95. The Morgan fingerprint density at radius 2 is 1.74 bits per heavy atom. The van der Waals surface area contributed by atoms with Crippen LogP contribution in [0.1, 0.15) is 15.9 Å². The van der Waals surface area contributed by atoms with Crippen molar-refractivity contribution in [2.75, 3.05) is 57.8 Å². The molecule has 2 aliphatic rings. The zero-order valence-electron chi connectivity index (χ0n) is 23.8. The van der Waals surface area contributed by atoms with Crippen LogP contribution in [0, 0.1) is 0 Å². The van der Waals surface area contributed by atoms with Gasteiger partial charge in [0.1, 0.15) is 5.75 Å². The number of thioether (sulfide) groups is 1. The number of benzene rings is 3. The largest absolute Gasteiger partial charge is 0.495 e. The monoisotopic (exact) mass is 602 g/mol. The van der Waals surface area contributed by atoms with Gasteiger partial charge in [0.25, 0.3) is 5.56 Å². The minimum Gasteiger partial charge on any atom is -0.495 e. The molecule has 0 bridgehead atoms. The zero-order chi connectivity index (χ0) is 29.9. The molecule has 1 aromatic heterocycles. The highest BCUT2D eigenvalue weighted by molar-refractivity contribution is 7.99. The minimum atomic E-state index is -0.523. The molecule has 11 nitrogen and oxygen atoms in total. The van der Waals surface area contributed by atoms with Crippen LogP contribution in [0.25, 0.3) is 10.9 Å². The zero-order valence-corrected chi connectivity index (χ0v) is 24.6. The second-order valence-corrected chi connectivity index (χ2v) is 11.0. The molecule has 222 valence electrons. The van der Waals surface area contributed by atoms with E-state index in [1.54, 1.807) is 29.9 Å². The SMILES string of the molecule is COC(=O)c1ccc2c(=O)n(Cc3ccc4c(c3)OCO4)c(SCC(=O)N3CCN(c4ccccc4OC)CC3)nc2c1. The van der Waals surface area contributed by atoms with E-state index in [0.29, 0.717) is 53.7 Å². The molecule has 1 amide bonds. The van der Waals surface area contributed by atoms with Gasteiger partial charge >= 0.3 is 5.97 Å². The molecule has 0 spiro atoms. The van der Waals surface area contributed by atoms with Crippen molar-refractivity contribution >= 4 is 40.2 Å². The van der Waals surface area contributed by atoms with Crippen molar-refractivity contribution in [1.29, 1.82) is 0 Å². The average Bonchev–Trinajstić information content (AvgIpc) is 3.52. The third kappa shape index (κ3) is 5.82. The number of hydrogen-bond donors (Lipinski definition) is 0. The summed E-state index contributed by atoms with van der Waals surface area (Å²) in [6.07, 6.45) is 0. The van der Waals surface area contributed by atoms with Gasteiger partial charge < -0.3 is 28.7 Å². The number of methoxy groups -OCH3 is 2. The average molecular weight is 603 g/mol. The molecule has 0 N–H and O–H groups in total. The predicted molar refractivity (Wildman–Crippen MR) is 162 cm³/mol. The van der Waals surface area contributed by atoms with Gasteiger partial charge in [-0.2, -0.15) is 0 Å². The molecule has 2 aliphatic heterocycles. The molecule has 43 heavy (non-hydrogen) atoms. The number of para-hydroxylation sites is 2. The van der Waals surface area contributed by atoms with Gasteiger partial charge in [0.2, 0.25) is 12.7 Å². The molecular weight excluding hydrogens is 572 g/mol. The molecule has 4 aromatic rings. The van der Waals surface area contributed by atoms with E-state index in [4.69, 9.17) is 23.9 Å². The lowest BCUT2D eigenvalue weighted by Gasteiger charge is -2.36. The van der Waals surface area contributed by atoms with Crippen LogP contribution in [0.2, 0.25) is 0 Å². The van der Waals surface area contributed by atoms with Crippen molar-refractivity contribution in [2.24, 2.45) is 0 Å². The first-order valence-corrected chi connectivity index (χ1v) is 14.7. The molecule has 12 heteroatoms. The number of esters is 1. The summed E-state index contributed by atoms with van der Waals surface area (Å²) in [6.45, 7) is 2.84. The Balaban J connectivity index is 1.23. The molecule has 3 heterocycles. The summed E-state index contributed by atoms with van der Waals surface area (Å²) in [4.78, 5) is 48.0. The van der Waals surface area contributed by atoms with E-state index in [1.807, 2.05) is 41.3 Å². The Hall–Kier alpha value is -4.71. The van der Waals surface area contributed by atoms with Crippen molar-refractivity contribution < 1.29 is 28.5 Å². The van der Waals surface area contributed by atoms with Gasteiger partial charge in [-0.05, 0) is 48.0 Å². The molecule has 0 unspecified atom stereocenters. The first-order chi connectivity index (χ1) is 20.9. The van der Waals surface area contributed by atoms with E-state index in [-0.39, 0.29) is 36.1 Å². The molecule has 6 rings (SSSR count). The highest BCUT2D eigenvalue weighted by Gasteiger charge is 2.24. The molecule has 0 saturated carbocycles. The topological polar surface area (TPSA) is 112 Å². The number of aromatic nitrogens is 2. The summed E-state index contributed by atoms with van der Waals surface area (Å²) >= 11 is 1.20. The predicted octanol–water partition coefficient (Wildman–Crippen LogP) is 3.41. The second kappa shape index (κ2) is 12.3. The summed E-state index contributed by atoms with van der Waals surface area (Å²) in [6, 6.07) is 18.0. The number of anilines is 1. The van der Waals surface area contributed by atoms with Crippen molar-refractivity contribution in [3.8, 4) is 17.2 Å². The fourth-order valence-electron chi connectivity index (χ4n) is 5.22. The lowest BCUT2D eigenvalue weighted by Crippen LogP contribution is -2.49. The van der Waals surface area contributed by atoms with Crippen LogP contribution in [0.5, 0.6) is 17.2 Å². The maximum atomic E-state index is 13.7. The minimum absolute atomic E-state index is 0.0445. The normalized spacial score (nSPS) is 14.2. The van der Waals surface area contributed by atoms with Crippen LogP contribution in [0.4, 0.5) is 5.69 Å². The van der Waals surface area contributed by atoms with E-state index >= 15 is 0 Å². The molecular formula is C31H30N4O7S. The van der Waals surface area contributed by atoms with E-state index < -0.39 is 5.97 Å². The summed E-state index contributed by atoms with van der Waals surface area (Å²) in [5, 5.41) is 0.731. The van der Waals surface area contributed by atoms with Gasteiger partial charge in [0.15, 0.2) is 16.7 Å². The third-order valence-electron chi connectivity index (χ3n) is 7.50. The number of hydrogen-bond acceptors (Lipinski definition) is 10. The van der Waals surface area contributed by atoms with Crippen LogP contribution in [0.3, 0.4) is 0 Å². The number of carbonyl (C=O) groups is 2. The molecule has 1 saturated heterocycles. The molecule has 0 aliphatic carbocycles. The molecule has 0 atom stereocenters. The van der Waals surface area contributed by atoms with E-state index in [0.717, 1.165) is 17.0 Å². The van der Waals surface area contributed by atoms with E-state index in [1.165, 1.54) is 24.9 Å². The van der Waals surface area contributed by atoms with Crippen LogP contribution in [-0.4, -0.2) is 79.3 Å². The lowest BCUT2D eigenvalue weighted by molar-refractivity contribution is -0.128. The Labute approximate surface area is 251 Å². The van der Waals surface area contributed by atoms with Crippen molar-refractivity contribution in [3.05, 3.63) is 82.1 Å². The number of ether oxygens (including phenoxy) is 4. The maximum absolute atomic E-state index is 13.7. The smallest absolute Gasteiger partial charge is 0.337 e.